The Morgan fingerprint density at radius 1 is 1.23 bits per heavy atom. The number of benzene rings is 2. The van der Waals surface area contributed by atoms with Crippen LogP contribution in [0.2, 0.25) is 0 Å². The molecule has 0 heterocycles. The number of para-hydroxylation sites is 2. The van der Waals surface area contributed by atoms with E-state index < -0.39 is 10.7 Å². The van der Waals surface area contributed by atoms with Gasteiger partial charge in [-0.3, -0.25) is 15.1 Å². The van der Waals surface area contributed by atoms with Crippen LogP contribution in [0.4, 0.5) is 10.1 Å². The minimum atomic E-state index is -0.419. The van der Waals surface area contributed by atoms with Gasteiger partial charge < -0.3 is 15.4 Å². The summed E-state index contributed by atoms with van der Waals surface area (Å²) >= 11 is 0. The van der Waals surface area contributed by atoms with Crippen molar-refractivity contribution in [3.05, 3.63) is 70.0 Å². The maximum Gasteiger partial charge on any atom is 0.274 e. The number of ether oxygens (including phenoxy) is 1. The van der Waals surface area contributed by atoms with Gasteiger partial charge in [0.25, 0.3) is 5.69 Å². The number of rotatable bonds is 7. The molecule has 0 fully saturated rings. The zero-order valence-corrected chi connectivity index (χ0v) is 14.6. The molecule has 2 rings (SSSR count). The Morgan fingerprint density at radius 3 is 2.62 bits per heavy atom. The Balaban J connectivity index is 1.86. The summed E-state index contributed by atoms with van der Waals surface area (Å²) in [4.78, 5) is 14.7. The standard InChI is InChI=1S/C18H21FN4O3/c1-13(26-17-10-6-4-8-15(17)19)11-21-18(20-2)22-12-14-7-3-5-9-16(14)23(24)25/h3-10,13H,11-12H2,1-2H3,(H2,20,21,22). The third-order valence-electron chi connectivity index (χ3n) is 3.58. The maximum absolute atomic E-state index is 13.6. The molecule has 0 saturated heterocycles. The summed E-state index contributed by atoms with van der Waals surface area (Å²) in [5.74, 6) is 0.232. The first-order valence-corrected chi connectivity index (χ1v) is 8.09. The second-order valence-electron chi connectivity index (χ2n) is 5.55. The molecule has 0 radical (unpaired) electrons. The van der Waals surface area contributed by atoms with E-state index in [0.717, 1.165) is 0 Å². The molecule has 7 nitrogen and oxygen atoms in total. The zero-order valence-electron chi connectivity index (χ0n) is 14.6. The first-order valence-electron chi connectivity index (χ1n) is 8.09. The molecule has 0 saturated carbocycles. The van der Waals surface area contributed by atoms with Crippen LogP contribution in [-0.4, -0.2) is 30.6 Å². The molecule has 26 heavy (non-hydrogen) atoms. The number of hydrogen-bond acceptors (Lipinski definition) is 4. The molecule has 0 spiro atoms. The molecule has 0 aromatic heterocycles. The van der Waals surface area contributed by atoms with Crippen molar-refractivity contribution in [2.24, 2.45) is 4.99 Å². The second kappa shape index (κ2) is 9.36. The lowest BCUT2D eigenvalue weighted by molar-refractivity contribution is -0.385. The summed E-state index contributed by atoms with van der Waals surface area (Å²) in [6, 6.07) is 12.7. The van der Waals surface area contributed by atoms with Crippen LogP contribution < -0.4 is 15.4 Å². The zero-order chi connectivity index (χ0) is 18.9. The van der Waals surface area contributed by atoms with Crippen molar-refractivity contribution in [2.45, 2.75) is 19.6 Å². The van der Waals surface area contributed by atoms with Gasteiger partial charge in [0.05, 0.1) is 11.5 Å². The Labute approximate surface area is 151 Å². The van der Waals surface area contributed by atoms with Crippen molar-refractivity contribution >= 4 is 11.6 Å². The molecular weight excluding hydrogens is 339 g/mol. The van der Waals surface area contributed by atoms with Crippen LogP contribution in [0.5, 0.6) is 5.75 Å². The van der Waals surface area contributed by atoms with Gasteiger partial charge in [0, 0.05) is 25.2 Å². The SMILES string of the molecule is CN=C(NCc1ccccc1[N+](=O)[O-])NCC(C)Oc1ccccc1F. The minimum Gasteiger partial charge on any atom is -0.486 e. The summed E-state index contributed by atoms with van der Waals surface area (Å²) in [6.07, 6.45) is -0.309. The third-order valence-corrected chi connectivity index (χ3v) is 3.58. The molecule has 8 heteroatoms. The highest BCUT2D eigenvalue weighted by molar-refractivity contribution is 5.79. The largest absolute Gasteiger partial charge is 0.486 e. The number of guanidine groups is 1. The monoisotopic (exact) mass is 360 g/mol. The number of nitro groups is 1. The topological polar surface area (TPSA) is 88.8 Å². The lowest BCUT2D eigenvalue weighted by atomic mass is 10.2. The first-order chi connectivity index (χ1) is 12.5. The highest BCUT2D eigenvalue weighted by Crippen LogP contribution is 2.17. The number of nitrogens with zero attached hydrogens (tertiary/aromatic N) is 2. The van der Waals surface area contributed by atoms with Crippen LogP contribution in [0, 0.1) is 15.9 Å². The van der Waals surface area contributed by atoms with Gasteiger partial charge in [-0.05, 0) is 19.1 Å². The molecule has 2 N–H and O–H groups in total. The summed E-state index contributed by atoms with van der Waals surface area (Å²) in [5, 5.41) is 17.1. The Bertz CT molecular complexity index is 783. The van der Waals surface area contributed by atoms with Gasteiger partial charge >= 0.3 is 0 Å². The summed E-state index contributed by atoms with van der Waals surface area (Å²) in [6.45, 7) is 2.43. The van der Waals surface area contributed by atoms with Gasteiger partial charge in [0.2, 0.25) is 0 Å². The fourth-order valence-corrected chi connectivity index (χ4v) is 2.28. The predicted molar refractivity (Wildman–Crippen MR) is 97.8 cm³/mol. The minimum absolute atomic E-state index is 0.0479. The van der Waals surface area contributed by atoms with Crippen molar-refractivity contribution < 1.29 is 14.1 Å². The molecule has 1 atom stereocenters. The quantitative estimate of drug-likeness (QED) is 0.343. The van der Waals surface area contributed by atoms with E-state index in [0.29, 0.717) is 18.1 Å². The Morgan fingerprint density at radius 2 is 1.92 bits per heavy atom. The average molecular weight is 360 g/mol. The maximum atomic E-state index is 13.6. The average Bonchev–Trinajstić information content (AvgIpc) is 2.64. The van der Waals surface area contributed by atoms with E-state index in [4.69, 9.17) is 4.74 Å². The molecule has 0 aliphatic carbocycles. The van der Waals surface area contributed by atoms with Crippen LogP contribution in [0.25, 0.3) is 0 Å². The van der Waals surface area contributed by atoms with Crippen molar-refractivity contribution in [3.63, 3.8) is 0 Å². The van der Waals surface area contributed by atoms with Gasteiger partial charge in [0.15, 0.2) is 17.5 Å². The van der Waals surface area contributed by atoms with Crippen LogP contribution in [0.15, 0.2) is 53.5 Å². The highest BCUT2D eigenvalue weighted by atomic mass is 19.1. The number of nitro benzene ring substituents is 1. The summed E-state index contributed by atoms with van der Waals surface area (Å²) < 4.78 is 19.1. The Kier molecular flexibility index (Phi) is 6.90. The molecule has 2 aromatic rings. The van der Waals surface area contributed by atoms with E-state index in [1.165, 1.54) is 12.1 Å². The van der Waals surface area contributed by atoms with Gasteiger partial charge in [-0.25, -0.2) is 4.39 Å². The number of halogens is 1. The van der Waals surface area contributed by atoms with Gasteiger partial charge in [-0.2, -0.15) is 0 Å². The van der Waals surface area contributed by atoms with E-state index >= 15 is 0 Å². The molecule has 1 unspecified atom stereocenters. The van der Waals surface area contributed by atoms with E-state index in [2.05, 4.69) is 15.6 Å². The highest BCUT2D eigenvalue weighted by Gasteiger charge is 2.13. The van der Waals surface area contributed by atoms with Gasteiger partial charge in [0.1, 0.15) is 6.10 Å². The number of nitrogens with one attached hydrogen (secondary N) is 2. The van der Waals surface area contributed by atoms with E-state index in [1.54, 1.807) is 50.4 Å². The van der Waals surface area contributed by atoms with Crippen molar-refractivity contribution in [1.82, 2.24) is 10.6 Å². The van der Waals surface area contributed by atoms with Crippen LogP contribution >= 0.6 is 0 Å². The smallest absolute Gasteiger partial charge is 0.274 e. The predicted octanol–water partition coefficient (Wildman–Crippen LogP) is 2.87. The third kappa shape index (κ3) is 5.44. The molecule has 0 aliphatic rings. The van der Waals surface area contributed by atoms with Crippen LogP contribution in [-0.2, 0) is 6.54 Å². The molecule has 0 amide bonds. The number of hydrogen-bond donors (Lipinski definition) is 2. The van der Waals surface area contributed by atoms with Crippen molar-refractivity contribution in [2.75, 3.05) is 13.6 Å². The lowest BCUT2D eigenvalue weighted by Crippen LogP contribution is -2.41. The molecule has 2 aromatic carbocycles. The molecular formula is C18H21FN4O3. The van der Waals surface area contributed by atoms with Crippen molar-refractivity contribution in [1.29, 1.82) is 0 Å². The Hall–Kier alpha value is -3.16. The molecule has 138 valence electrons. The van der Waals surface area contributed by atoms with Gasteiger partial charge in [-0.15, -0.1) is 0 Å². The van der Waals surface area contributed by atoms with Crippen LogP contribution in [0.3, 0.4) is 0 Å². The first kappa shape index (κ1) is 19.2. The summed E-state index contributed by atoms with van der Waals surface area (Å²) in [7, 11) is 1.59. The van der Waals surface area contributed by atoms with Gasteiger partial charge in [-0.1, -0.05) is 30.3 Å². The molecule has 0 bridgehead atoms. The fraction of sp³-hybridized carbons (Fsp3) is 0.278. The number of aliphatic imine (C=N–C) groups is 1. The van der Waals surface area contributed by atoms with E-state index in [-0.39, 0.29) is 24.1 Å². The van der Waals surface area contributed by atoms with E-state index in [9.17, 15) is 14.5 Å². The second-order valence-corrected chi connectivity index (χ2v) is 5.55. The summed E-state index contributed by atoms with van der Waals surface area (Å²) in [5.41, 5.74) is 0.600. The lowest BCUT2D eigenvalue weighted by Gasteiger charge is -2.18. The van der Waals surface area contributed by atoms with E-state index in [1.807, 2.05) is 0 Å². The van der Waals surface area contributed by atoms with Crippen molar-refractivity contribution in [3.8, 4) is 5.75 Å². The van der Waals surface area contributed by atoms with Crippen LogP contribution in [0.1, 0.15) is 12.5 Å². The normalized spacial score (nSPS) is 12.3. The molecule has 0 aliphatic heterocycles. The fourth-order valence-electron chi connectivity index (χ4n) is 2.28.